The molecule has 1 aliphatic carbocycles. The molecule has 0 aromatic heterocycles. The highest BCUT2D eigenvalue weighted by molar-refractivity contribution is 6.22. The maximum Gasteiger partial charge on any atom is 0.0714 e. The van der Waals surface area contributed by atoms with Gasteiger partial charge in [-0.15, -0.1) is 0 Å². The van der Waals surface area contributed by atoms with Crippen LogP contribution in [-0.2, 0) is 5.41 Å². The molecule has 13 rings (SSSR count). The second-order valence-corrected chi connectivity index (χ2v) is 17.5. The zero-order valence-corrected chi connectivity index (χ0v) is 36.3. The summed E-state index contributed by atoms with van der Waals surface area (Å²) in [6.45, 7) is 0. The van der Waals surface area contributed by atoms with Gasteiger partial charge in [-0.25, -0.2) is 0 Å². The van der Waals surface area contributed by atoms with Gasteiger partial charge in [0, 0.05) is 16.8 Å². The van der Waals surface area contributed by atoms with Gasteiger partial charge in [-0.3, -0.25) is 0 Å². The molecule has 12 aromatic rings. The first-order chi connectivity index (χ1) is 32.8. The molecule has 0 atom stereocenters. The molecule has 1 nitrogen and oxygen atoms in total. The largest absolute Gasteiger partial charge is 0.310 e. The Labute approximate surface area is 385 Å². The summed E-state index contributed by atoms with van der Waals surface area (Å²) >= 11 is 0. The van der Waals surface area contributed by atoms with Crippen LogP contribution in [0, 0.1) is 0 Å². The smallest absolute Gasteiger partial charge is 0.0714 e. The van der Waals surface area contributed by atoms with E-state index in [0.29, 0.717) is 0 Å². The summed E-state index contributed by atoms with van der Waals surface area (Å²) in [4.78, 5) is 2.52. The van der Waals surface area contributed by atoms with Crippen molar-refractivity contribution in [2.75, 3.05) is 4.90 Å². The van der Waals surface area contributed by atoms with Crippen LogP contribution in [0.4, 0.5) is 17.1 Å². The minimum Gasteiger partial charge on any atom is -0.310 e. The van der Waals surface area contributed by atoms with E-state index < -0.39 is 5.41 Å². The lowest BCUT2D eigenvalue weighted by atomic mass is 9.67. The van der Waals surface area contributed by atoms with Gasteiger partial charge in [-0.05, 0) is 124 Å². The molecule has 0 bridgehead atoms. The number of anilines is 3. The van der Waals surface area contributed by atoms with Crippen molar-refractivity contribution in [1.29, 1.82) is 0 Å². The van der Waals surface area contributed by atoms with Gasteiger partial charge in [0.2, 0.25) is 0 Å². The lowest BCUT2D eigenvalue weighted by Crippen LogP contribution is -2.28. The van der Waals surface area contributed by atoms with Crippen LogP contribution >= 0.6 is 0 Å². The van der Waals surface area contributed by atoms with Crippen LogP contribution in [0.1, 0.15) is 22.3 Å². The third-order valence-corrected chi connectivity index (χ3v) is 14.1. The molecular weight excluding hydrogens is 795 g/mol. The van der Waals surface area contributed by atoms with Gasteiger partial charge in [0.1, 0.15) is 0 Å². The standard InChI is InChI=1S/C65H43N/c1-5-21-45(22-6-1)63-58-32-16-15-30-53(58)54-40-37-49(42-59(54)64(63)46-23-7-2-8-24-46)66(62-35-19-33-52-51-29-14-13-20-44(51)36-39-57(52)62)50-38-41-56-55-31-17-18-34-60(55)65(61(56)43-50,47-25-9-3-10-26-47)48-27-11-4-12-28-48/h1-43H. The van der Waals surface area contributed by atoms with E-state index in [1.165, 1.54) is 98.7 Å². The highest BCUT2D eigenvalue weighted by Crippen LogP contribution is 2.58. The molecular formula is C65H43N. The first-order valence-electron chi connectivity index (χ1n) is 22.9. The van der Waals surface area contributed by atoms with Gasteiger partial charge in [0.05, 0.1) is 11.1 Å². The molecule has 0 N–H and O–H groups in total. The lowest BCUT2D eigenvalue weighted by molar-refractivity contribution is 0.768. The van der Waals surface area contributed by atoms with E-state index >= 15 is 0 Å². The van der Waals surface area contributed by atoms with Gasteiger partial charge in [0.15, 0.2) is 0 Å². The van der Waals surface area contributed by atoms with Crippen molar-refractivity contribution in [2.45, 2.75) is 5.41 Å². The van der Waals surface area contributed by atoms with Crippen molar-refractivity contribution in [3.05, 3.63) is 283 Å². The molecule has 0 amide bonds. The molecule has 0 heterocycles. The Kier molecular flexibility index (Phi) is 8.82. The minimum atomic E-state index is -0.543. The summed E-state index contributed by atoms with van der Waals surface area (Å²) in [5, 5.41) is 9.84. The topological polar surface area (TPSA) is 3.24 Å². The Morgan fingerprint density at radius 2 is 0.758 bits per heavy atom. The summed E-state index contributed by atoms with van der Waals surface area (Å²) < 4.78 is 0. The van der Waals surface area contributed by atoms with Crippen molar-refractivity contribution in [1.82, 2.24) is 0 Å². The van der Waals surface area contributed by atoms with Crippen LogP contribution in [-0.4, -0.2) is 0 Å². The summed E-state index contributed by atoms with van der Waals surface area (Å²) in [6.07, 6.45) is 0. The zero-order chi connectivity index (χ0) is 43.6. The van der Waals surface area contributed by atoms with E-state index in [2.05, 4.69) is 266 Å². The van der Waals surface area contributed by atoms with Crippen LogP contribution in [0.2, 0.25) is 0 Å². The molecule has 1 heteroatoms. The maximum absolute atomic E-state index is 2.52. The molecule has 0 fully saturated rings. The third kappa shape index (κ3) is 5.73. The molecule has 0 unspecified atom stereocenters. The molecule has 12 aromatic carbocycles. The summed E-state index contributed by atoms with van der Waals surface area (Å²) in [7, 11) is 0. The Balaban J connectivity index is 1.15. The van der Waals surface area contributed by atoms with Gasteiger partial charge in [-0.1, -0.05) is 231 Å². The third-order valence-electron chi connectivity index (χ3n) is 14.1. The molecule has 0 radical (unpaired) electrons. The second kappa shape index (κ2) is 15.3. The normalized spacial score (nSPS) is 12.7. The van der Waals surface area contributed by atoms with E-state index in [-0.39, 0.29) is 0 Å². The van der Waals surface area contributed by atoms with Crippen LogP contribution in [0.3, 0.4) is 0 Å². The molecule has 308 valence electrons. The van der Waals surface area contributed by atoms with Crippen LogP contribution in [0.15, 0.2) is 261 Å². The van der Waals surface area contributed by atoms with Gasteiger partial charge >= 0.3 is 0 Å². The van der Waals surface area contributed by atoms with E-state index in [1.54, 1.807) is 0 Å². The first-order valence-corrected chi connectivity index (χ1v) is 22.9. The molecule has 0 saturated carbocycles. The zero-order valence-electron chi connectivity index (χ0n) is 36.3. The van der Waals surface area contributed by atoms with Crippen molar-refractivity contribution < 1.29 is 0 Å². The average Bonchev–Trinajstić information content (AvgIpc) is 3.69. The van der Waals surface area contributed by atoms with Crippen molar-refractivity contribution >= 4 is 60.2 Å². The predicted molar refractivity (Wildman–Crippen MR) is 279 cm³/mol. The molecule has 0 spiro atoms. The Hall–Kier alpha value is -8.52. The Morgan fingerprint density at radius 1 is 0.273 bits per heavy atom. The van der Waals surface area contributed by atoms with Gasteiger partial charge < -0.3 is 4.90 Å². The summed E-state index contributed by atoms with van der Waals surface area (Å²) in [5.74, 6) is 0. The number of fused-ring (bicyclic) bond motifs is 9. The first kappa shape index (κ1) is 38.0. The van der Waals surface area contributed by atoms with Crippen molar-refractivity contribution in [2.24, 2.45) is 0 Å². The molecule has 1 aliphatic rings. The van der Waals surface area contributed by atoms with Crippen LogP contribution < -0.4 is 4.90 Å². The van der Waals surface area contributed by atoms with Gasteiger partial charge in [0.25, 0.3) is 0 Å². The second-order valence-electron chi connectivity index (χ2n) is 17.5. The van der Waals surface area contributed by atoms with Gasteiger partial charge in [-0.2, -0.15) is 0 Å². The number of hydrogen-bond donors (Lipinski definition) is 0. The summed E-state index contributed by atoms with van der Waals surface area (Å²) in [6, 6.07) is 96.6. The van der Waals surface area contributed by atoms with E-state index in [4.69, 9.17) is 0 Å². The fraction of sp³-hybridized carbons (Fsp3) is 0.0154. The quantitative estimate of drug-likeness (QED) is 0.145. The monoisotopic (exact) mass is 837 g/mol. The molecule has 0 aliphatic heterocycles. The highest BCUT2D eigenvalue weighted by atomic mass is 15.1. The summed E-state index contributed by atoms with van der Waals surface area (Å²) in [5.41, 5.74) is 15.3. The van der Waals surface area contributed by atoms with E-state index in [1.807, 2.05) is 0 Å². The minimum absolute atomic E-state index is 0.543. The lowest BCUT2D eigenvalue weighted by Gasteiger charge is -2.35. The van der Waals surface area contributed by atoms with Crippen LogP contribution in [0.25, 0.3) is 76.5 Å². The Bertz CT molecular complexity index is 3760. The fourth-order valence-electron chi connectivity index (χ4n) is 11.3. The number of nitrogens with zero attached hydrogens (tertiary/aromatic N) is 1. The number of rotatable bonds is 7. The number of hydrogen-bond acceptors (Lipinski definition) is 1. The predicted octanol–water partition coefficient (Wildman–Crippen LogP) is 17.5. The van der Waals surface area contributed by atoms with E-state index in [9.17, 15) is 0 Å². The molecule has 66 heavy (non-hydrogen) atoms. The van der Waals surface area contributed by atoms with Crippen molar-refractivity contribution in [3.63, 3.8) is 0 Å². The maximum atomic E-state index is 2.52. The SMILES string of the molecule is c1ccc(-c2c(-c3ccccc3)c3cc(N(c4ccc5c(c4)C(c4ccccc4)(c4ccccc4)c4ccccc4-5)c4cccc5c4ccc4ccccc45)ccc3c3ccccc23)cc1. The van der Waals surface area contributed by atoms with Crippen LogP contribution in [0.5, 0.6) is 0 Å². The average molecular weight is 838 g/mol. The fourth-order valence-corrected chi connectivity index (χ4v) is 11.3. The molecule has 0 saturated heterocycles. The number of benzene rings is 12. The van der Waals surface area contributed by atoms with Crippen molar-refractivity contribution in [3.8, 4) is 33.4 Å². The van der Waals surface area contributed by atoms with E-state index in [0.717, 1.165) is 17.1 Å². The Morgan fingerprint density at radius 3 is 1.47 bits per heavy atom. The highest BCUT2D eigenvalue weighted by Gasteiger charge is 2.46.